The molecular weight excluding hydrogens is 352 g/mol. The van der Waals surface area contributed by atoms with Crippen molar-refractivity contribution in [2.75, 3.05) is 7.05 Å². The van der Waals surface area contributed by atoms with Gasteiger partial charge >= 0.3 is 5.97 Å². The number of carbonyl (C=O) groups is 2. The Balaban J connectivity index is 1.63. The van der Waals surface area contributed by atoms with Crippen LogP contribution in [0.15, 0.2) is 36.4 Å². The normalized spacial score (nSPS) is 15.9. The molecule has 1 fully saturated rings. The van der Waals surface area contributed by atoms with Gasteiger partial charge in [0.05, 0.1) is 5.56 Å². The van der Waals surface area contributed by atoms with Gasteiger partial charge in [-0.05, 0) is 70.0 Å². The van der Waals surface area contributed by atoms with Crippen LogP contribution >= 0.6 is 0 Å². The summed E-state index contributed by atoms with van der Waals surface area (Å²) in [6.45, 7) is 5.75. The molecule has 5 heteroatoms. The average Bonchev–Trinajstić information content (AvgIpc) is 3.05. The molecule has 2 aromatic rings. The molecule has 1 aliphatic rings. The summed E-state index contributed by atoms with van der Waals surface area (Å²) < 4.78 is 7.58. The van der Waals surface area contributed by atoms with Crippen LogP contribution in [0.1, 0.15) is 60.8 Å². The van der Waals surface area contributed by atoms with Crippen molar-refractivity contribution in [3.8, 4) is 5.69 Å². The molecule has 1 saturated carbocycles. The molecule has 5 nitrogen and oxygen atoms in total. The van der Waals surface area contributed by atoms with Gasteiger partial charge in [-0.1, -0.05) is 19.3 Å². The fraction of sp³-hybridized carbons (Fsp3) is 0.478. The number of ether oxygens (including phenoxy) is 1. The van der Waals surface area contributed by atoms with E-state index in [0.29, 0.717) is 5.56 Å². The topological polar surface area (TPSA) is 51.5 Å². The van der Waals surface area contributed by atoms with Gasteiger partial charge in [-0.25, -0.2) is 4.79 Å². The number of benzene rings is 1. The summed E-state index contributed by atoms with van der Waals surface area (Å²) >= 11 is 0. The lowest BCUT2D eigenvalue weighted by Crippen LogP contribution is -2.44. The van der Waals surface area contributed by atoms with E-state index in [1.807, 2.05) is 33.0 Å². The Labute approximate surface area is 167 Å². The molecule has 0 bridgehead atoms. The van der Waals surface area contributed by atoms with Gasteiger partial charge in [-0.3, -0.25) is 4.79 Å². The maximum absolute atomic E-state index is 12.6. The van der Waals surface area contributed by atoms with E-state index in [9.17, 15) is 9.59 Å². The molecule has 0 radical (unpaired) electrons. The molecule has 0 unspecified atom stereocenters. The van der Waals surface area contributed by atoms with E-state index < -0.39 is 12.1 Å². The SMILES string of the molecule is Cc1ccc(C)n1-c1ccc(C(=O)O[C@H](C)C(=O)N(C)C2CCCCC2)cc1. The summed E-state index contributed by atoms with van der Waals surface area (Å²) in [4.78, 5) is 26.9. The number of aromatic nitrogens is 1. The zero-order valence-electron chi connectivity index (χ0n) is 17.3. The molecule has 0 saturated heterocycles. The fourth-order valence-corrected chi connectivity index (χ4v) is 4.04. The molecule has 1 aromatic heterocycles. The Morgan fingerprint density at radius 2 is 1.57 bits per heavy atom. The van der Waals surface area contributed by atoms with E-state index in [1.165, 1.54) is 6.42 Å². The summed E-state index contributed by atoms with van der Waals surface area (Å²) in [7, 11) is 1.82. The number of hydrogen-bond donors (Lipinski definition) is 0. The number of esters is 1. The van der Waals surface area contributed by atoms with Crippen LogP contribution in [0.2, 0.25) is 0 Å². The molecule has 1 aliphatic carbocycles. The maximum atomic E-state index is 12.6. The van der Waals surface area contributed by atoms with Gasteiger partial charge in [0.25, 0.3) is 5.91 Å². The summed E-state index contributed by atoms with van der Waals surface area (Å²) in [6, 6.07) is 11.7. The number of nitrogens with zero attached hydrogens (tertiary/aromatic N) is 2. The van der Waals surface area contributed by atoms with Crippen LogP contribution < -0.4 is 0 Å². The molecule has 0 aliphatic heterocycles. The Morgan fingerprint density at radius 3 is 2.14 bits per heavy atom. The van der Waals surface area contributed by atoms with Crippen molar-refractivity contribution in [3.05, 3.63) is 53.3 Å². The smallest absolute Gasteiger partial charge is 0.338 e. The van der Waals surface area contributed by atoms with Crippen LogP contribution in [0.4, 0.5) is 0 Å². The van der Waals surface area contributed by atoms with Crippen LogP contribution in [-0.2, 0) is 9.53 Å². The van der Waals surface area contributed by atoms with Gasteiger partial charge in [0.2, 0.25) is 0 Å². The second-order valence-corrected chi connectivity index (χ2v) is 7.79. The molecule has 150 valence electrons. The van der Waals surface area contributed by atoms with Crippen molar-refractivity contribution < 1.29 is 14.3 Å². The van der Waals surface area contributed by atoms with Crippen LogP contribution in [0.25, 0.3) is 5.69 Å². The molecule has 0 N–H and O–H groups in total. The van der Waals surface area contributed by atoms with Gasteiger partial charge in [-0.15, -0.1) is 0 Å². The molecule has 1 atom stereocenters. The van der Waals surface area contributed by atoms with Gasteiger partial charge in [-0.2, -0.15) is 0 Å². The van der Waals surface area contributed by atoms with E-state index in [0.717, 1.165) is 42.8 Å². The number of amides is 1. The van der Waals surface area contributed by atoms with Crippen molar-refractivity contribution in [2.24, 2.45) is 0 Å². The minimum atomic E-state index is -0.784. The first-order valence-electron chi connectivity index (χ1n) is 10.1. The van der Waals surface area contributed by atoms with E-state index >= 15 is 0 Å². The molecular formula is C23H30N2O3. The highest BCUT2D eigenvalue weighted by Gasteiger charge is 2.28. The van der Waals surface area contributed by atoms with Crippen molar-refractivity contribution in [1.29, 1.82) is 0 Å². The predicted molar refractivity (Wildman–Crippen MR) is 110 cm³/mol. The lowest BCUT2D eigenvalue weighted by Gasteiger charge is -2.32. The summed E-state index contributed by atoms with van der Waals surface area (Å²) in [5, 5.41) is 0. The Hall–Kier alpha value is -2.56. The maximum Gasteiger partial charge on any atom is 0.338 e. The highest BCUT2D eigenvalue weighted by atomic mass is 16.5. The second-order valence-electron chi connectivity index (χ2n) is 7.79. The molecule has 1 amide bonds. The number of carbonyl (C=O) groups excluding carboxylic acids is 2. The zero-order valence-corrected chi connectivity index (χ0v) is 17.3. The van der Waals surface area contributed by atoms with E-state index in [-0.39, 0.29) is 11.9 Å². The van der Waals surface area contributed by atoms with Crippen molar-refractivity contribution in [2.45, 2.75) is 65.0 Å². The Morgan fingerprint density at radius 1 is 1.00 bits per heavy atom. The van der Waals surface area contributed by atoms with E-state index in [4.69, 9.17) is 4.74 Å². The first kappa shape index (κ1) is 20.2. The summed E-state index contributed by atoms with van der Waals surface area (Å²) in [6.07, 6.45) is 4.83. The minimum Gasteiger partial charge on any atom is -0.449 e. The van der Waals surface area contributed by atoms with Crippen LogP contribution in [0.3, 0.4) is 0 Å². The minimum absolute atomic E-state index is 0.129. The quantitative estimate of drug-likeness (QED) is 0.719. The third kappa shape index (κ3) is 4.29. The van der Waals surface area contributed by atoms with Gasteiger partial charge in [0, 0.05) is 30.2 Å². The van der Waals surface area contributed by atoms with E-state index in [1.54, 1.807) is 24.0 Å². The fourth-order valence-electron chi connectivity index (χ4n) is 4.04. The highest BCUT2D eigenvalue weighted by Crippen LogP contribution is 2.23. The number of aryl methyl sites for hydroxylation is 2. The Bertz CT molecular complexity index is 813. The molecule has 3 rings (SSSR count). The predicted octanol–water partition coefficient (Wildman–Crippen LogP) is 4.43. The monoisotopic (exact) mass is 382 g/mol. The van der Waals surface area contributed by atoms with Crippen LogP contribution in [0.5, 0.6) is 0 Å². The highest BCUT2D eigenvalue weighted by molar-refractivity contribution is 5.92. The summed E-state index contributed by atoms with van der Waals surface area (Å²) in [5.74, 6) is -0.596. The molecule has 1 aromatic carbocycles. The summed E-state index contributed by atoms with van der Waals surface area (Å²) in [5.41, 5.74) is 3.72. The lowest BCUT2D eigenvalue weighted by molar-refractivity contribution is -0.141. The number of hydrogen-bond acceptors (Lipinski definition) is 3. The number of likely N-dealkylation sites (N-methyl/N-ethyl adjacent to an activating group) is 1. The Kier molecular flexibility index (Phi) is 6.22. The molecule has 1 heterocycles. The van der Waals surface area contributed by atoms with E-state index in [2.05, 4.69) is 16.7 Å². The van der Waals surface area contributed by atoms with Gasteiger partial charge in [0.15, 0.2) is 6.10 Å². The van der Waals surface area contributed by atoms with Crippen molar-refractivity contribution in [3.63, 3.8) is 0 Å². The van der Waals surface area contributed by atoms with Crippen LogP contribution in [-0.4, -0.2) is 40.5 Å². The third-order valence-corrected chi connectivity index (χ3v) is 5.73. The largest absolute Gasteiger partial charge is 0.449 e. The molecule has 0 spiro atoms. The zero-order chi connectivity index (χ0) is 20.3. The van der Waals surface area contributed by atoms with Crippen molar-refractivity contribution >= 4 is 11.9 Å². The number of rotatable bonds is 5. The van der Waals surface area contributed by atoms with Gasteiger partial charge in [0.1, 0.15) is 0 Å². The standard InChI is InChI=1S/C23H30N2O3/c1-16-10-11-17(2)25(16)21-14-12-19(13-15-21)23(27)28-18(3)22(26)24(4)20-8-6-5-7-9-20/h10-15,18,20H,5-9H2,1-4H3/t18-/m1/s1. The van der Waals surface area contributed by atoms with Crippen molar-refractivity contribution in [1.82, 2.24) is 9.47 Å². The second kappa shape index (κ2) is 8.63. The third-order valence-electron chi connectivity index (χ3n) is 5.73. The first-order valence-corrected chi connectivity index (χ1v) is 10.1. The van der Waals surface area contributed by atoms with Gasteiger partial charge < -0.3 is 14.2 Å². The first-order chi connectivity index (χ1) is 13.4. The lowest BCUT2D eigenvalue weighted by atomic mass is 9.94. The average molecular weight is 383 g/mol. The molecule has 28 heavy (non-hydrogen) atoms. The van der Waals surface area contributed by atoms with Crippen LogP contribution in [0, 0.1) is 13.8 Å².